The minimum atomic E-state index is -3.52. The number of alkyl halides is 2. The van der Waals surface area contributed by atoms with Gasteiger partial charge in [0.15, 0.2) is 5.82 Å². The van der Waals surface area contributed by atoms with Crippen LogP contribution in [0.3, 0.4) is 0 Å². The molecule has 0 atom stereocenters. The highest BCUT2D eigenvalue weighted by Crippen LogP contribution is 2.39. The molecular weight excluding hydrogens is 492 g/mol. The highest BCUT2D eigenvalue weighted by molar-refractivity contribution is 6.02. The van der Waals surface area contributed by atoms with Crippen LogP contribution in [0.15, 0.2) is 24.4 Å². The van der Waals surface area contributed by atoms with Crippen LogP contribution in [0, 0.1) is 0 Å². The predicted octanol–water partition coefficient (Wildman–Crippen LogP) is 3.63. The number of piperidine rings is 1. The summed E-state index contributed by atoms with van der Waals surface area (Å²) in [6.07, 6.45) is 7.39. The lowest BCUT2D eigenvalue weighted by Gasteiger charge is -2.31. The number of amides is 2. The summed E-state index contributed by atoms with van der Waals surface area (Å²) >= 11 is 0. The van der Waals surface area contributed by atoms with E-state index in [1.54, 1.807) is 11.0 Å². The minimum Gasteiger partial charge on any atom is -0.349 e. The normalized spacial score (nSPS) is 20.3. The molecule has 11 heteroatoms. The molecule has 9 nitrogen and oxygen atoms in total. The molecule has 1 aliphatic carbocycles. The number of carbonyl (C=O) groups is 2. The molecule has 1 aromatic carbocycles. The van der Waals surface area contributed by atoms with Gasteiger partial charge in [0.25, 0.3) is 11.8 Å². The number of carbonyl (C=O) groups excluding carboxylic acids is 2. The van der Waals surface area contributed by atoms with Crippen molar-refractivity contribution in [2.75, 3.05) is 41.8 Å². The van der Waals surface area contributed by atoms with Gasteiger partial charge in [-0.05, 0) is 69.0 Å². The van der Waals surface area contributed by atoms with E-state index < -0.39 is 18.4 Å². The molecule has 0 bridgehead atoms. The Hall–Kier alpha value is -3.34. The average Bonchev–Trinajstić information content (AvgIpc) is 3.44. The van der Waals surface area contributed by atoms with Gasteiger partial charge in [0.05, 0.1) is 12.7 Å². The first-order valence-electron chi connectivity index (χ1n) is 13.5. The highest BCUT2D eigenvalue weighted by atomic mass is 19.3. The topological polar surface area (TPSA) is 102 Å². The minimum absolute atomic E-state index is 0.0970. The van der Waals surface area contributed by atoms with Gasteiger partial charge in [-0.1, -0.05) is 19.8 Å². The van der Waals surface area contributed by atoms with E-state index >= 15 is 0 Å². The number of aryl methyl sites for hydroxylation is 1. The standard InChI is InChI=1S/C27H35F2N7O2/c1-3-17-14-18(24(37)32-19-10-12-30-13-11-19)8-9-21(17)33-26-31-15-22-23(34-26)36(20-6-4-5-7-20)16-27(28,29)25(38)35(22)2/h8-9,14-15,19-20,30H,3-7,10-13,16H2,1-2H3,(H,32,37)(H,31,33,34). The molecule has 204 valence electrons. The third-order valence-corrected chi connectivity index (χ3v) is 7.80. The Kier molecular flexibility index (Phi) is 7.47. The first-order chi connectivity index (χ1) is 18.3. The van der Waals surface area contributed by atoms with Gasteiger partial charge < -0.3 is 25.8 Å². The molecule has 1 aromatic heterocycles. The molecular formula is C27H35F2N7O2. The van der Waals surface area contributed by atoms with Gasteiger partial charge >= 0.3 is 5.92 Å². The molecule has 0 spiro atoms. The number of hydrogen-bond acceptors (Lipinski definition) is 7. The van der Waals surface area contributed by atoms with Crippen LogP contribution in [-0.2, 0) is 11.2 Å². The van der Waals surface area contributed by atoms with Crippen molar-refractivity contribution in [3.8, 4) is 0 Å². The van der Waals surface area contributed by atoms with Gasteiger partial charge in [-0.25, -0.2) is 4.98 Å². The van der Waals surface area contributed by atoms with Crippen molar-refractivity contribution in [1.82, 2.24) is 20.6 Å². The smallest absolute Gasteiger partial charge is 0.342 e. The summed E-state index contributed by atoms with van der Waals surface area (Å²) in [6, 6.07) is 5.51. The fourth-order valence-corrected chi connectivity index (χ4v) is 5.61. The molecule has 3 N–H and O–H groups in total. The molecule has 3 aliphatic rings. The molecule has 2 fully saturated rings. The number of nitrogens with one attached hydrogen (secondary N) is 3. The Labute approximate surface area is 221 Å². The molecule has 0 unspecified atom stereocenters. The van der Waals surface area contributed by atoms with Crippen LogP contribution < -0.4 is 25.8 Å². The van der Waals surface area contributed by atoms with Crippen LogP contribution >= 0.6 is 0 Å². The molecule has 2 aliphatic heterocycles. The van der Waals surface area contributed by atoms with Gasteiger partial charge in [0, 0.05) is 30.4 Å². The molecule has 0 radical (unpaired) electrons. The van der Waals surface area contributed by atoms with E-state index in [0.29, 0.717) is 17.8 Å². The molecule has 2 aromatic rings. The van der Waals surface area contributed by atoms with E-state index in [2.05, 4.69) is 25.9 Å². The summed E-state index contributed by atoms with van der Waals surface area (Å²) in [5.41, 5.74) is 2.50. The summed E-state index contributed by atoms with van der Waals surface area (Å²) in [6.45, 7) is 3.09. The summed E-state index contributed by atoms with van der Waals surface area (Å²) in [5, 5.41) is 9.63. The first kappa shape index (κ1) is 26.3. The van der Waals surface area contributed by atoms with Crippen molar-refractivity contribution in [2.45, 2.75) is 69.9 Å². The number of halogens is 2. The molecule has 3 heterocycles. The van der Waals surface area contributed by atoms with E-state index in [1.807, 2.05) is 19.1 Å². The number of nitrogens with zero attached hydrogens (tertiary/aromatic N) is 4. The second-order valence-corrected chi connectivity index (χ2v) is 10.4. The van der Waals surface area contributed by atoms with E-state index in [0.717, 1.165) is 67.8 Å². The number of anilines is 4. The number of aromatic nitrogens is 2. The van der Waals surface area contributed by atoms with Crippen molar-refractivity contribution in [3.05, 3.63) is 35.5 Å². The number of benzene rings is 1. The molecule has 1 saturated heterocycles. The van der Waals surface area contributed by atoms with Crippen LogP contribution in [0.5, 0.6) is 0 Å². The van der Waals surface area contributed by atoms with Crippen LogP contribution in [0.4, 0.5) is 31.9 Å². The summed E-state index contributed by atoms with van der Waals surface area (Å²) < 4.78 is 29.7. The van der Waals surface area contributed by atoms with Crippen molar-refractivity contribution < 1.29 is 18.4 Å². The van der Waals surface area contributed by atoms with Crippen molar-refractivity contribution in [1.29, 1.82) is 0 Å². The fourth-order valence-electron chi connectivity index (χ4n) is 5.61. The van der Waals surface area contributed by atoms with E-state index in [9.17, 15) is 18.4 Å². The van der Waals surface area contributed by atoms with Gasteiger partial charge in [-0.3, -0.25) is 9.59 Å². The summed E-state index contributed by atoms with van der Waals surface area (Å²) in [4.78, 5) is 36.9. The first-order valence-corrected chi connectivity index (χ1v) is 13.5. The number of rotatable bonds is 6. The SMILES string of the molecule is CCc1cc(C(=O)NC2CCNCC2)ccc1Nc1ncc2c(n1)N(C1CCCC1)CC(F)(F)C(=O)N2C. The van der Waals surface area contributed by atoms with E-state index in [1.165, 1.54) is 13.2 Å². The van der Waals surface area contributed by atoms with Crippen LogP contribution in [0.2, 0.25) is 0 Å². The van der Waals surface area contributed by atoms with E-state index in [-0.39, 0.29) is 29.6 Å². The lowest BCUT2D eigenvalue weighted by atomic mass is 10.0. The van der Waals surface area contributed by atoms with Gasteiger partial charge in [-0.2, -0.15) is 13.8 Å². The molecule has 38 heavy (non-hydrogen) atoms. The molecule has 5 rings (SSSR count). The van der Waals surface area contributed by atoms with Crippen molar-refractivity contribution in [3.63, 3.8) is 0 Å². The third kappa shape index (κ3) is 5.29. The predicted molar refractivity (Wildman–Crippen MR) is 142 cm³/mol. The van der Waals surface area contributed by atoms with Crippen LogP contribution in [0.25, 0.3) is 0 Å². The lowest BCUT2D eigenvalue weighted by molar-refractivity contribution is -0.140. The van der Waals surface area contributed by atoms with Crippen LogP contribution in [0.1, 0.15) is 61.4 Å². The maximum atomic E-state index is 14.8. The second-order valence-electron chi connectivity index (χ2n) is 10.4. The highest BCUT2D eigenvalue weighted by Gasteiger charge is 2.48. The van der Waals surface area contributed by atoms with Gasteiger partial charge in [0.2, 0.25) is 5.95 Å². The lowest BCUT2D eigenvalue weighted by Crippen LogP contribution is -2.48. The maximum absolute atomic E-state index is 14.8. The largest absolute Gasteiger partial charge is 0.349 e. The quantitative estimate of drug-likeness (QED) is 0.527. The maximum Gasteiger partial charge on any atom is 0.342 e. The Morgan fingerprint density at radius 2 is 1.92 bits per heavy atom. The Morgan fingerprint density at radius 3 is 2.63 bits per heavy atom. The third-order valence-electron chi connectivity index (χ3n) is 7.80. The van der Waals surface area contributed by atoms with E-state index in [4.69, 9.17) is 0 Å². The summed E-state index contributed by atoms with van der Waals surface area (Å²) in [5.74, 6) is -4.29. The monoisotopic (exact) mass is 527 g/mol. The Balaban J connectivity index is 1.41. The van der Waals surface area contributed by atoms with Crippen LogP contribution in [-0.4, -0.2) is 66.5 Å². The second kappa shape index (κ2) is 10.8. The Bertz CT molecular complexity index is 1200. The zero-order valence-corrected chi connectivity index (χ0v) is 21.9. The average molecular weight is 528 g/mol. The number of hydrogen-bond donors (Lipinski definition) is 3. The molecule has 1 saturated carbocycles. The van der Waals surface area contributed by atoms with Crippen molar-refractivity contribution in [2.24, 2.45) is 0 Å². The van der Waals surface area contributed by atoms with Gasteiger partial charge in [0.1, 0.15) is 5.69 Å². The zero-order valence-electron chi connectivity index (χ0n) is 21.9. The molecule has 2 amide bonds. The Morgan fingerprint density at radius 1 is 1.18 bits per heavy atom. The zero-order chi connectivity index (χ0) is 26.9. The fraction of sp³-hybridized carbons (Fsp3) is 0.556. The van der Waals surface area contributed by atoms with Gasteiger partial charge in [-0.15, -0.1) is 0 Å². The summed E-state index contributed by atoms with van der Waals surface area (Å²) in [7, 11) is 1.34. The number of fused-ring (bicyclic) bond motifs is 1. The van der Waals surface area contributed by atoms with Crippen molar-refractivity contribution >= 4 is 35.0 Å².